The van der Waals surface area contributed by atoms with Gasteiger partial charge in [0.1, 0.15) is 5.78 Å². The van der Waals surface area contributed by atoms with Gasteiger partial charge in [-0.2, -0.15) is 0 Å². The zero-order chi connectivity index (χ0) is 20.2. The fourth-order valence-corrected chi connectivity index (χ4v) is 2.02. The molecule has 26 heavy (non-hydrogen) atoms. The molecule has 0 rings (SSSR count). The molecular formula is C19H36N2O5. The van der Waals surface area contributed by atoms with E-state index in [9.17, 15) is 14.4 Å². The van der Waals surface area contributed by atoms with E-state index in [4.69, 9.17) is 9.47 Å². The molecule has 0 aromatic rings. The molecule has 2 N–H and O–H groups in total. The number of Topliss-reactive ketones (excluding diaryl/α,β-unsaturated/α-hetero) is 1. The lowest BCUT2D eigenvalue weighted by molar-refractivity contribution is -0.138. The van der Waals surface area contributed by atoms with E-state index in [0.717, 1.165) is 0 Å². The third-order valence-corrected chi connectivity index (χ3v) is 4.00. The molecule has 0 saturated heterocycles. The second kappa shape index (κ2) is 12.0. The Kier molecular flexibility index (Phi) is 11.3. The Morgan fingerprint density at radius 2 is 1.65 bits per heavy atom. The van der Waals surface area contributed by atoms with Gasteiger partial charge >= 0.3 is 0 Å². The van der Waals surface area contributed by atoms with Gasteiger partial charge in [-0.1, -0.05) is 6.92 Å². The number of methoxy groups -OCH3 is 1. The maximum absolute atomic E-state index is 12.2. The van der Waals surface area contributed by atoms with E-state index in [1.165, 1.54) is 0 Å². The van der Waals surface area contributed by atoms with Crippen LogP contribution in [-0.2, 0) is 23.9 Å². The van der Waals surface area contributed by atoms with Gasteiger partial charge in [0.2, 0.25) is 11.8 Å². The predicted octanol–water partition coefficient (Wildman–Crippen LogP) is 1.84. The Balaban J connectivity index is 4.20. The minimum absolute atomic E-state index is 0.0952. The highest BCUT2D eigenvalue weighted by Gasteiger charge is 2.31. The van der Waals surface area contributed by atoms with Gasteiger partial charge in [0.15, 0.2) is 0 Å². The van der Waals surface area contributed by atoms with Crippen LogP contribution in [0, 0.1) is 5.41 Å². The highest BCUT2D eigenvalue weighted by molar-refractivity contribution is 5.82. The molecule has 7 heteroatoms. The molecule has 0 aromatic heterocycles. The van der Waals surface area contributed by atoms with E-state index in [1.807, 2.05) is 34.6 Å². The maximum Gasteiger partial charge on any atom is 0.228 e. The minimum atomic E-state index is -0.685. The van der Waals surface area contributed by atoms with Gasteiger partial charge in [-0.15, -0.1) is 0 Å². The van der Waals surface area contributed by atoms with E-state index >= 15 is 0 Å². The van der Waals surface area contributed by atoms with Crippen LogP contribution in [0.3, 0.4) is 0 Å². The number of nitrogens with one attached hydrogen (secondary N) is 2. The quantitative estimate of drug-likeness (QED) is 0.454. The van der Waals surface area contributed by atoms with Crippen LogP contribution >= 0.6 is 0 Å². The van der Waals surface area contributed by atoms with Crippen molar-refractivity contribution in [3.8, 4) is 0 Å². The molecule has 0 saturated carbocycles. The van der Waals surface area contributed by atoms with Crippen LogP contribution in [0.2, 0.25) is 0 Å². The van der Waals surface area contributed by atoms with Gasteiger partial charge in [-0.05, 0) is 34.1 Å². The number of carbonyl (C=O) groups excluding carboxylic acids is 3. The van der Waals surface area contributed by atoms with Crippen molar-refractivity contribution in [1.82, 2.24) is 10.6 Å². The maximum atomic E-state index is 12.2. The highest BCUT2D eigenvalue weighted by Crippen LogP contribution is 2.20. The highest BCUT2D eigenvalue weighted by atomic mass is 16.5. The Morgan fingerprint density at radius 1 is 1.00 bits per heavy atom. The summed E-state index contributed by atoms with van der Waals surface area (Å²) in [4.78, 5) is 35.3. The average Bonchev–Trinajstić information content (AvgIpc) is 2.58. The van der Waals surface area contributed by atoms with Gasteiger partial charge in [-0.3, -0.25) is 14.4 Å². The summed E-state index contributed by atoms with van der Waals surface area (Å²) in [5, 5.41) is 5.64. The number of carbonyl (C=O) groups is 3. The monoisotopic (exact) mass is 372 g/mol. The second-order valence-electron chi connectivity index (χ2n) is 7.70. The minimum Gasteiger partial charge on any atom is -0.383 e. The summed E-state index contributed by atoms with van der Waals surface area (Å²) in [7, 11) is 1.58. The molecule has 152 valence electrons. The lowest BCUT2D eigenvalue weighted by Crippen LogP contribution is -2.46. The van der Waals surface area contributed by atoms with Gasteiger partial charge in [0.05, 0.1) is 24.2 Å². The van der Waals surface area contributed by atoms with E-state index in [0.29, 0.717) is 45.4 Å². The van der Waals surface area contributed by atoms with Gasteiger partial charge in [-0.25, -0.2) is 0 Å². The lowest BCUT2D eigenvalue weighted by atomic mass is 9.93. The van der Waals surface area contributed by atoms with E-state index in [2.05, 4.69) is 10.6 Å². The van der Waals surface area contributed by atoms with Crippen molar-refractivity contribution in [2.24, 2.45) is 5.41 Å². The zero-order valence-electron chi connectivity index (χ0n) is 17.2. The van der Waals surface area contributed by atoms with E-state index < -0.39 is 11.0 Å². The molecule has 0 fully saturated rings. The molecule has 0 aliphatic carbocycles. The van der Waals surface area contributed by atoms with Crippen molar-refractivity contribution in [1.29, 1.82) is 0 Å². The number of hydrogen-bond acceptors (Lipinski definition) is 5. The predicted molar refractivity (Wildman–Crippen MR) is 101 cm³/mol. The molecule has 7 nitrogen and oxygen atoms in total. The van der Waals surface area contributed by atoms with E-state index in [-0.39, 0.29) is 24.2 Å². The lowest BCUT2D eigenvalue weighted by Gasteiger charge is -2.31. The molecule has 0 unspecified atom stereocenters. The van der Waals surface area contributed by atoms with Gasteiger partial charge < -0.3 is 20.1 Å². The Morgan fingerprint density at radius 3 is 2.23 bits per heavy atom. The molecular weight excluding hydrogens is 336 g/mol. The first-order valence-electron chi connectivity index (χ1n) is 9.23. The largest absolute Gasteiger partial charge is 0.383 e. The van der Waals surface area contributed by atoms with E-state index in [1.54, 1.807) is 7.11 Å². The first-order chi connectivity index (χ1) is 12.0. The number of ketones is 1. The van der Waals surface area contributed by atoms with Crippen LogP contribution in [0.1, 0.15) is 60.3 Å². The van der Waals surface area contributed by atoms with Gasteiger partial charge in [0.25, 0.3) is 0 Å². The Hall–Kier alpha value is -1.47. The third kappa shape index (κ3) is 11.2. The summed E-state index contributed by atoms with van der Waals surface area (Å²) in [6.07, 6.45) is 1.84. The zero-order valence-corrected chi connectivity index (χ0v) is 17.2. The van der Waals surface area contributed by atoms with Crippen molar-refractivity contribution < 1.29 is 23.9 Å². The third-order valence-electron chi connectivity index (χ3n) is 4.00. The molecule has 0 radical (unpaired) electrons. The number of hydrogen-bond donors (Lipinski definition) is 2. The van der Waals surface area contributed by atoms with Crippen molar-refractivity contribution in [3.63, 3.8) is 0 Å². The van der Waals surface area contributed by atoms with Crippen molar-refractivity contribution in [2.75, 3.05) is 33.4 Å². The first-order valence-corrected chi connectivity index (χ1v) is 9.23. The number of rotatable bonds is 14. The Labute approximate surface area is 157 Å². The topological polar surface area (TPSA) is 93.7 Å². The smallest absolute Gasteiger partial charge is 0.228 e. The van der Waals surface area contributed by atoms with Crippen LogP contribution in [0.25, 0.3) is 0 Å². The molecule has 0 aliphatic heterocycles. The molecule has 0 spiro atoms. The summed E-state index contributed by atoms with van der Waals surface area (Å²) in [5.74, 6) is -0.0235. The molecule has 2 amide bonds. The van der Waals surface area contributed by atoms with Crippen LogP contribution in [0.4, 0.5) is 0 Å². The fourth-order valence-electron chi connectivity index (χ4n) is 2.02. The second-order valence-corrected chi connectivity index (χ2v) is 7.70. The average molecular weight is 373 g/mol. The molecule has 0 aromatic carbocycles. The van der Waals surface area contributed by atoms with Crippen LogP contribution in [0.5, 0.6) is 0 Å². The van der Waals surface area contributed by atoms with Gasteiger partial charge in [0, 0.05) is 39.5 Å². The molecule has 0 atom stereocenters. The van der Waals surface area contributed by atoms with Crippen LogP contribution in [0.15, 0.2) is 0 Å². The summed E-state index contributed by atoms with van der Waals surface area (Å²) in [6.45, 7) is 10.7. The van der Waals surface area contributed by atoms with Crippen molar-refractivity contribution in [2.45, 2.75) is 65.9 Å². The summed E-state index contributed by atoms with van der Waals surface area (Å²) in [5.41, 5.74) is -1.28. The molecule has 0 aliphatic rings. The SMILES string of the molecule is CCC(=O)CCCC(=O)NCC(C)(C)OCC(C)(C)C(=O)NCCOC. The van der Waals surface area contributed by atoms with Crippen molar-refractivity contribution in [3.05, 3.63) is 0 Å². The molecule has 0 bridgehead atoms. The molecule has 0 heterocycles. The summed E-state index contributed by atoms with van der Waals surface area (Å²) in [6, 6.07) is 0. The number of ether oxygens (including phenoxy) is 2. The fraction of sp³-hybridized carbons (Fsp3) is 0.842. The Bertz CT molecular complexity index is 461. The van der Waals surface area contributed by atoms with Crippen molar-refractivity contribution >= 4 is 17.6 Å². The number of amides is 2. The van der Waals surface area contributed by atoms with Crippen LogP contribution < -0.4 is 10.6 Å². The summed E-state index contributed by atoms with van der Waals surface area (Å²) >= 11 is 0. The standard InChI is InChI=1S/C19H36N2O5/c1-7-15(22)9-8-10-16(23)21-13-19(4,5)26-14-18(2,3)17(24)20-11-12-25-6/h7-14H2,1-6H3,(H,20,24)(H,21,23). The van der Waals surface area contributed by atoms with Crippen LogP contribution in [-0.4, -0.2) is 56.6 Å². The normalized spacial score (nSPS) is 11.9. The summed E-state index contributed by atoms with van der Waals surface area (Å²) < 4.78 is 10.8. The first kappa shape index (κ1) is 24.5.